The molecule has 2 heterocycles. The molecule has 0 atom stereocenters. The second kappa shape index (κ2) is 5.59. The molecule has 0 fully saturated rings. The second-order valence-electron chi connectivity index (χ2n) is 4.86. The molecule has 0 saturated heterocycles. The molecule has 0 bridgehead atoms. The van der Waals surface area contributed by atoms with Crippen LogP contribution in [-0.4, -0.2) is 16.0 Å². The molecule has 3 nitrogen and oxygen atoms in total. The van der Waals surface area contributed by atoms with E-state index in [-0.39, 0.29) is 0 Å². The molecule has 2 rings (SSSR count). The van der Waals surface area contributed by atoms with Crippen LogP contribution in [-0.2, 0) is 6.54 Å². The van der Waals surface area contributed by atoms with Gasteiger partial charge in [-0.1, -0.05) is 19.9 Å². The van der Waals surface area contributed by atoms with Gasteiger partial charge in [0.1, 0.15) is 10.7 Å². The minimum Gasteiger partial charge on any atom is -0.309 e. The fourth-order valence-corrected chi connectivity index (χ4v) is 2.62. The summed E-state index contributed by atoms with van der Waals surface area (Å²) in [5.41, 5.74) is 4.47. The maximum absolute atomic E-state index is 4.64. The molecule has 0 aliphatic rings. The van der Waals surface area contributed by atoms with Crippen LogP contribution in [0.1, 0.15) is 30.7 Å². The maximum atomic E-state index is 4.64. The van der Waals surface area contributed by atoms with Crippen LogP contribution in [0, 0.1) is 13.8 Å². The molecular formula is C14H19N3S. The molecule has 0 saturated carbocycles. The number of hydrogen-bond donors (Lipinski definition) is 1. The van der Waals surface area contributed by atoms with Crippen molar-refractivity contribution < 1.29 is 0 Å². The van der Waals surface area contributed by atoms with Crippen LogP contribution in [0.25, 0.3) is 10.7 Å². The monoisotopic (exact) mass is 261 g/mol. The van der Waals surface area contributed by atoms with Crippen LogP contribution in [0.3, 0.4) is 0 Å². The molecule has 0 spiro atoms. The fourth-order valence-electron chi connectivity index (χ4n) is 1.74. The standard InChI is InChI=1S/C14H19N3S/c1-9(2)15-7-12-8-18-14(17-12)13-11(4)5-10(3)6-16-13/h5-6,8-9,15H,7H2,1-4H3. The van der Waals surface area contributed by atoms with Gasteiger partial charge in [0.15, 0.2) is 0 Å². The van der Waals surface area contributed by atoms with Gasteiger partial charge in [-0.3, -0.25) is 4.98 Å². The normalized spacial score (nSPS) is 11.2. The first-order chi connectivity index (χ1) is 8.56. The van der Waals surface area contributed by atoms with Crippen LogP contribution in [0.15, 0.2) is 17.6 Å². The van der Waals surface area contributed by atoms with Crippen molar-refractivity contribution in [2.24, 2.45) is 0 Å². The highest BCUT2D eigenvalue weighted by Crippen LogP contribution is 2.25. The third kappa shape index (κ3) is 3.15. The molecule has 1 N–H and O–H groups in total. The molecule has 2 aromatic heterocycles. The lowest BCUT2D eigenvalue weighted by Crippen LogP contribution is -2.21. The Bertz CT molecular complexity index is 532. The summed E-state index contributed by atoms with van der Waals surface area (Å²) in [6.45, 7) is 9.24. The molecule has 18 heavy (non-hydrogen) atoms. The van der Waals surface area contributed by atoms with E-state index in [2.05, 4.69) is 54.4 Å². The SMILES string of the molecule is Cc1cnc(-c2nc(CNC(C)C)cs2)c(C)c1. The Balaban J connectivity index is 2.18. The summed E-state index contributed by atoms with van der Waals surface area (Å²) in [6, 6.07) is 2.63. The highest BCUT2D eigenvalue weighted by molar-refractivity contribution is 7.13. The number of aryl methyl sites for hydroxylation is 2. The quantitative estimate of drug-likeness (QED) is 0.917. The van der Waals surface area contributed by atoms with Crippen molar-refractivity contribution >= 4 is 11.3 Å². The number of hydrogen-bond acceptors (Lipinski definition) is 4. The number of aromatic nitrogens is 2. The number of thiazole rings is 1. The number of pyridine rings is 1. The third-order valence-corrected chi connectivity index (χ3v) is 3.56. The Morgan fingerprint density at radius 3 is 2.78 bits per heavy atom. The zero-order valence-electron chi connectivity index (χ0n) is 11.3. The molecule has 0 unspecified atom stereocenters. The van der Waals surface area contributed by atoms with Crippen molar-refractivity contribution in [2.45, 2.75) is 40.3 Å². The van der Waals surface area contributed by atoms with E-state index in [4.69, 9.17) is 0 Å². The Labute approximate surface area is 112 Å². The van der Waals surface area contributed by atoms with Crippen LogP contribution >= 0.6 is 11.3 Å². The molecule has 96 valence electrons. The van der Waals surface area contributed by atoms with Gasteiger partial charge in [-0.15, -0.1) is 11.3 Å². The Morgan fingerprint density at radius 1 is 1.33 bits per heavy atom. The highest BCUT2D eigenvalue weighted by atomic mass is 32.1. The lowest BCUT2D eigenvalue weighted by Gasteiger charge is -2.05. The predicted octanol–water partition coefficient (Wildman–Crippen LogP) is 3.32. The van der Waals surface area contributed by atoms with Gasteiger partial charge in [0, 0.05) is 24.2 Å². The van der Waals surface area contributed by atoms with Crippen molar-refractivity contribution in [1.82, 2.24) is 15.3 Å². The van der Waals surface area contributed by atoms with Crippen molar-refractivity contribution in [1.29, 1.82) is 0 Å². The maximum Gasteiger partial charge on any atom is 0.142 e. The number of nitrogens with one attached hydrogen (secondary N) is 1. The first-order valence-corrected chi connectivity index (χ1v) is 7.05. The van der Waals surface area contributed by atoms with Crippen LogP contribution in [0.5, 0.6) is 0 Å². The summed E-state index contributed by atoms with van der Waals surface area (Å²) >= 11 is 1.66. The van der Waals surface area contributed by atoms with Crippen LogP contribution in [0.4, 0.5) is 0 Å². The van der Waals surface area contributed by atoms with E-state index in [0.29, 0.717) is 6.04 Å². The minimum absolute atomic E-state index is 0.481. The van der Waals surface area contributed by atoms with E-state index in [1.165, 1.54) is 11.1 Å². The first kappa shape index (κ1) is 13.2. The average molecular weight is 261 g/mol. The van der Waals surface area contributed by atoms with Crippen molar-refractivity contribution in [3.8, 4) is 10.7 Å². The van der Waals surface area contributed by atoms with E-state index in [1.54, 1.807) is 11.3 Å². The van der Waals surface area contributed by atoms with Gasteiger partial charge in [-0.2, -0.15) is 0 Å². The zero-order chi connectivity index (χ0) is 13.1. The summed E-state index contributed by atoms with van der Waals surface area (Å²) in [4.78, 5) is 9.12. The summed E-state index contributed by atoms with van der Waals surface area (Å²) in [6.07, 6.45) is 1.90. The second-order valence-corrected chi connectivity index (χ2v) is 5.72. The Kier molecular flexibility index (Phi) is 4.09. The van der Waals surface area contributed by atoms with E-state index in [1.807, 2.05) is 6.20 Å². The average Bonchev–Trinajstić information content (AvgIpc) is 2.75. The van der Waals surface area contributed by atoms with E-state index < -0.39 is 0 Å². The molecule has 0 radical (unpaired) electrons. The summed E-state index contributed by atoms with van der Waals surface area (Å²) in [5.74, 6) is 0. The van der Waals surface area contributed by atoms with Crippen molar-refractivity contribution in [2.75, 3.05) is 0 Å². The number of nitrogens with zero attached hydrogens (tertiary/aromatic N) is 2. The summed E-state index contributed by atoms with van der Waals surface area (Å²) in [5, 5.41) is 6.48. The van der Waals surface area contributed by atoms with Gasteiger partial charge in [-0.05, 0) is 25.0 Å². The van der Waals surface area contributed by atoms with Gasteiger partial charge in [0.25, 0.3) is 0 Å². The van der Waals surface area contributed by atoms with Crippen LogP contribution in [0.2, 0.25) is 0 Å². The van der Waals surface area contributed by atoms with Crippen LogP contribution < -0.4 is 5.32 Å². The topological polar surface area (TPSA) is 37.8 Å². The third-order valence-electron chi connectivity index (χ3n) is 2.66. The molecule has 0 aliphatic heterocycles. The zero-order valence-corrected chi connectivity index (χ0v) is 12.1. The largest absolute Gasteiger partial charge is 0.309 e. The van der Waals surface area contributed by atoms with Gasteiger partial charge in [0.05, 0.1) is 5.69 Å². The predicted molar refractivity (Wildman–Crippen MR) is 76.8 cm³/mol. The lowest BCUT2D eigenvalue weighted by atomic mass is 10.2. The Morgan fingerprint density at radius 2 is 2.11 bits per heavy atom. The van der Waals surface area contributed by atoms with Gasteiger partial charge in [0.2, 0.25) is 0 Å². The molecule has 2 aromatic rings. The Hall–Kier alpha value is -1.26. The summed E-state index contributed by atoms with van der Waals surface area (Å²) in [7, 11) is 0. The molecule has 0 aliphatic carbocycles. The molecule has 0 amide bonds. The lowest BCUT2D eigenvalue weighted by molar-refractivity contribution is 0.583. The highest BCUT2D eigenvalue weighted by Gasteiger charge is 2.09. The van der Waals surface area contributed by atoms with Gasteiger partial charge >= 0.3 is 0 Å². The van der Waals surface area contributed by atoms with E-state index in [9.17, 15) is 0 Å². The smallest absolute Gasteiger partial charge is 0.142 e. The molecule has 0 aromatic carbocycles. The minimum atomic E-state index is 0.481. The van der Waals surface area contributed by atoms with Crippen molar-refractivity contribution in [3.63, 3.8) is 0 Å². The van der Waals surface area contributed by atoms with E-state index >= 15 is 0 Å². The molecular weight excluding hydrogens is 242 g/mol. The molecule has 4 heteroatoms. The van der Waals surface area contributed by atoms with E-state index in [0.717, 1.165) is 22.9 Å². The van der Waals surface area contributed by atoms with Crippen molar-refractivity contribution in [3.05, 3.63) is 34.5 Å². The number of rotatable bonds is 4. The fraction of sp³-hybridized carbons (Fsp3) is 0.429. The first-order valence-electron chi connectivity index (χ1n) is 6.17. The van der Waals surface area contributed by atoms with Gasteiger partial charge in [-0.25, -0.2) is 4.98 Å². The summed E-state index contributed by atoms with van der Waals surface area (Å²) < 4.78 is 0. The van der Waals surface area contributed by atoms with Gasteiger partial charge < -0.3 is 5.32 Å².